The maximum Gasteiger partial charge on any atom is 0.303 e. The Hall–Kier alpha value is -4.25. The zero-order valence-electron chi connectivity index (χ0n) is 26.1. The van der Waals surface area contributed by atoms with Crippen LogP contribution in [0.3, 0.4) is 0 Å². The fraction of sp³-hybridized carbons (Fsp3) is 0.400. The van der Waals surface area contributed by atoms with Gasteiger partial charge in [0, 0.05) is 12.5 Å². The van der Waals surface area contributed by atoms with Crippen molar-refractivity contribution in [1.82, 2.24) is 4.90 Å². The third-order valence-electron chi connectivity index (χ3n) is 8.42. The number of methoxy groups -OCH3 is 1. The third-order valence-corrected chi connectivity index (χ3v) is 8.42. The van der Waals surface area contributed by atoms with Gasteiger partial charge in [-0.05, 0) is 53.8 Å². The van der Waals surface area contributed by atoms with Gasteiger partial charge in [0.25, 0.3) is 11.8 Å². The van der Waals surface area contributed by atoms with Crippen molar-refractivity contribution in [2.24, 2.45) is 0 Å². The molecule has 0 radical (unpaired) electrons. The highest BCUT2D eigenvalue weighted by atomic mass is 16.8. The average Bonchev–Trinajstić information content (AvgIpc) is 3.26. The molecule has 2 fully saturated rings. The fourth-order valence-corrected chi connectivity index (χ4v) is 5.98. The van der Waals surface area contributed by atoms with Crippen molar-refractivity contribution in [3.8, 4) is 11.5 Å². The van der Waals surface area contributed by atoms with Crippen molar-refractivity contribution < 1.29 is 42.8 Å². The summed E-state index contributed by atoms with van der Waals surface area (Å²) < 4.78 is 36.7. The number of carbonyl (C=O) groups is 3. The van der Waals surface area contributed by atoms with Gasteiger partial charge in [-0.15, -0.1) is 0 Å². The van der Waals surface area contributed by atoms with Crippen LogP contribution in [0.4, 0.5) is 0 Å². The number of fused-ring (bicyclic) bond motifs is 2. The molecule has 236 valence electrons. The van der Waals surface area contributed by atoms with E-state index < -0.39 is 54.7 Å². The van der Waals surface area contributed by atoms with Crippen LogP contribution in [0.2, 0.25) is 0 Å². The molecule has 10 nitrogen and oxygen atoms in total. The molecule has 0 aromatic heterocycles. The molecule has 6 atom stereocenters. The molecule has 0 aliphatic carbocycles. The van der Waals surface area contributed by atoms with Gasteiger partial charge >= 0.3 is 5.97 Å². The molecule has 3 aliphatic heterocycles. The molecular weight excluding hydrogens is 578 g/mol. The van der Waals surface area contributed by atoms with E-state index in [9.17, 15) is 14.4 Å². The predicted molar refractivity (Wildman–Crippen MR) is 162 cm³/mol. The molecule has 3 aromatic rings. The first-order valence-electron chi connectivity index (χ1n) is 14.9. The first-order valence-corrected chi connectivity index (χ1v) is 14.9. The summed E-state index contributed by atoms with van der Waals surface area (Å²) in [5.41, 5.74) is 2.89. The van der Waals surface area contributed by atoms with E-state index in [2.05, 4.69) is 20.8 Å². The molecule has 3 aromatic carbocycles. The second kappa shape index (κ2) is 11.9. The molecular formula is C35H37NO9. The van der Waals surface area contributed by atoms with Crippen LogP contribution in [0.5, 0.6) is 11.5 Å². The van der Waals surface area contributed by atoms with Crippen molar-refractivity contribution in [3.63, 3.8) is 0 Å². The second-order valence-electron chi connectivity index (χ2n) is 12.5. The number of benzene rings is 3. The maximum absolute atomic E-state index is 13.9. The van der Waals surface area contributed by atoms with E-state index in [1.807, 2.05) is 37.3 Å². The van der Waals surface area contributed by atoms with E-state index in [0.29, 0.717) is 17.1 Å². The van der Waals surface area contributed by atoms with Gasteiger partial charge in [0.1, 0.15) is 29.7 Å². The number of aryl methyl sites for hydroxylation is 1. The number of carbonyl (C=O) groups excluding carboxylic acids is 3. The van der Waals surface area contributed by atoms with Crippen LogP contribution in [0.1, 0.15) is 71.4 Å². The third kappa shape index (κ3) is 5.81. The molecule has 0 N–H and O–H groups in total. The number of ether oxygens (including phenoxy) is 6. The zero-order valence-corrected chi connectivity index (χ0v) is 26.1. The van der Waals surface area contributed by atoms with Crippen molar-refractivity contribution in [2.75, 3.05) is 13.7 Å². The summed E-state index contributed by atoms with van der Waals surface area (Å²) in [7, 11) is 1.58. The number of esters is 1. The van der Waals surface area contributed by atoms with Crippen LogP contribution in [0.15, 0.2) is 66.7 Å². The Kier molecular flexibility index (Phi) is 8.15. The predicted octanol–water partition coefficient (Wildman–Crippen LogP) is 5.12. The van der Waals surface area contributed by atoms with Gasteiger partial charge < -0.3 is 28.4 Å². The van der Waals surface area contributed by atoms with Crippen molar-refractivity contribution >= 4 is 17.8 Å². The molecule has 6 rings (SSSR count). The summed E-state index contributed by atoms with van der Waals surface area (Å²) in [4.78, 5) is 41.5. The summed E-state index contributed by atoms with van der Waals surface area (Å²) in [6.45, 7) is 9.54. The van der Waals surface area contributed by atoms with Gasteiger partial charge in [-0.25, -0.2) is 0 Å². The maximum atomic E-state index is 13.9. The molecule has 1 unspecified atom stereocenters. The van der Waals surface area contributed by atoms with Crippen LogP contribution >= 0.6 is 0 Å². The van der Waals surface area contributed by atoms with E-state index in [-0.39, 0.29) is 23.1 Å². The lowest BCUT2D eigenvalue weighted by molar-refractivity contribution is -0.339. The monoisotopic (exact) mass is 615 g/mol. The molecule has 45 heavy (non-hydrogen) atoms. The minimum atomic E-state index is -1.21. The van der Waals surface area contributed by atoms with Crippen LogP contribution in [0.25, 0.3) is 0 Å². The van der Waals surface area contributed by atoms with Gasteiger partial charge in [-0.2, -0.15) is 0 Å². The minimum Gasteiger partial charge on any atom is -0.497 e. The Labute approximate surface area is 262 Å². The highest BCUT2D eigenvalue weighted by Gasteiger charge is 2.58. The van der Waals surface area contributed by atoms with E-state index in [1.54, 1.807) is 43.5 Å². The molecule has 0 spiro atoms. The van der Waals surface area contributed by atoms with Crippen molar-refractivity contribution in [2.45, 2.75) is 77.0 Å². The minimum absolute atomic E-state index is 0.0782. The highest BCUT2D eigenvalue weighted by molar-refractivity contribution is 6.21. The van der Waals surface area contributed by atoms with E-state index >= 15 is 0 Å². The number of hydrogen-bond donors (Lipinski definition) is 0. The Morgan fingerprint density at radius 1 is 0.933 bits per heavy atom. The van der Waals surface area contributed by atoms with Crippen LogP contribution < -0.4 is 9.47 Å². The van der Waals surface area contributed by atoms with Gasteiger partial charge in [0.05, 0.1) is 24.8 Å². The molecule has 0 bridgehead atoms. The van der Waals surface area contributed by atoms with Crippen molar-refractivity contribution in [1.29, 1.82) is 0 Å². The number of nitrogens with zero attached hydrogens (tertiary/aromatic N) is 1. The SMILES string of the molecule is COc1ccc(C2OC[C@H]3O[C@@H](Oc4cc(C(C)(C)C)ccc4C)[C@H](N4C(=O)c5ccccc5C4=O)[C@@H](OC(C)=O)[C@@H]3O2)cc1. The van der Waals surface area contributed by atoms with Gasteiger partial charge in [-0.1, -0.05) is 57.2 Å². The fourth-order valence-electron chi connectivity index (χ4n) is 5.98. The molecule has 10 heteroatoms. The standard InChI is InChI=1S/C35H37NO9/c1-19-11-14-22(35(3,4)5)17-26(19)43-34-28(36-31(38)24-9-7-8-10-25(24)32(36)39)30(42-20(2)37)29-27(44-34)18-41-33(45-29)21-12-15-23(40-6)16-13-21/h7-17,27-30,33-34H,18H2,1-6H3/t27-,28-,29-,30-,33?,34-/m1/s1. The van der Waals surface area contributed by atoms with Gasteiger partial charge in [0.2, 0.25) is 6.29 Å². The highest BCUT2D eigenvalue weighted by Crippen LogP contribution is 2.41. The number of imide groups is 1. The average molecular weight is 616 g/mol. The van der Waals surface area contributed by atoms with Crippen LogP contribution in [0, 0.1) is 6.92 Å². The first kappa shape index (κ1) is 30.8. The Balaban J connectivity index is 1.41. The largest absolute Gasteiger partial charge is 0.497 e. The summed E-state index contributed by atoms with van der Waals surface area (Å²) in [6, 6.07) is 18.5. The molecule has 2 amide bonds. The van der Waals surface area contributed by atoms with Crippen molar-refractivity contribution in [3.05, 3.63) is 94.5 Å². The van der Waals surface area contributed by atoms with E-state index in [1.165, 1.54) is 6.92 Å². The second-order valence-corrected chi connectivity index (χ2v) is 12.5. The Bertz CT molecular complexity index is 1580. The summed E-state index contributed by atoms with van der Waals surface area (Å²) in [6.07, 6.45) is -4.82. The molecule has 3 aliphatic rings. The van der Waals surface area contributed by atoms with Gasteiger partial charge in [0.15, 0.2) is 12.4 Å². The molecule has 3 heterocycles. The Morgan fingerprint density at radius 3 is 2.20 bits per heavy atom. The molecule has 2 saturated heterocycles. The van der Waals surface area contributed by atoms with E-state index in [0.717, 1.165) is 16.0 Å². The smallest absolute Gasteiger partial charge is 0.303 e. The summed E-state index contributed by atoms with van der Waals surface area (Å²) >= 11 is 0. The quantitative estimate of drug-likeness (QED) is 0.276. The number of hydrogen-bond acceptors (Lipinski definition) is 9. The normalized spacial score (nSPS) is 26.2. The van der Waals surface area contributed by atoms with Gasteiger partial charge in [-0.3, -0.25) is 19.3 Å². The Morgan fingerprint density at radius 2 is 1.60 bits per heavy atom. The van der Waals surface area contributed by atoms with Crippen LogP contribution in [-0.4, -0.2) is 67.0 Å². The van der Waals surface area contributed by atoms with Crippen LogP contribution in [-0.2, 0) is 29.2 Å². The summed E-state index contributed by atoms with van der Waals surface area (Å²) in [5.74, 6) is -0.492. The zero-order chi connectivity index (χ0) is 32.0. The molecule has 0 saturated carbocycles. The first-order chi connectivity index (χ1) is 21.5. The number of amides is 2. The summed E-state index contributed by atoms with van der Waals surface area (Å²) in [5, 5.41) is 0. The lowest BCUT2D eigenvalue weighted by Crippen LogP contribution is -2.69. The number of rotatable bonds is 6. The van der Waals surface area contributed by atoms with E-state index in [4.69, 9.17) is 28.4 Å². The lowest BCUT2D eigenvalue weighted by Gasteiger charge is -2.50. The lowest BCUT2D eigenvalue weighted by atomic mass is 9.86. The topological polar surface area (TPSA) is 110 Å².